The zero-order valence-electron chi connectivity index (χ0n) is 16.5. The molecule has 0 radical (unpaired) electrons. The number of carbonyl (C=O) groups is 1. The maximum Gasteiger partial charge on any atom is 0.289 e. The van der Waals surface area contributed by atoms with Crippen molar-refractivity contribution in [2.75, 3.05) is 0 Å². The lowest BCUT2D eigenvalue weighted by Crippen LogP contribution is -2.17. The number of aromatic nitrogens is 2. The third-order valence-corrected chi connectivity index (χ3v) is 4.72. The van der Waals surface area contributed by atoms with Crippen molar-refractivity contribution in [3.05, 3.63) is 107 Å². The fraction of sp³-hybridized carbons (Fsp3) is 0.0417. The molecule has 4 aromatic rings. The first-order valence-corrected chi connectivity index (χ1v) is 9.97. The minimum absolute atomic E-state index is 0.299. The summed E-state index contributed by atoms with van der Waals surface area (Å²) >= 11 is 5.93. The van der Waals surface area contributed by atoms with Crippen LogP contribution in [-0.4, -0.2) is 22.3 Å². The predicted molar refractivity (Wildman–Crippen MR) is 121 cm³/mol. The molecule has 1 aromatic heterocycles. The van der Waals surface area contributed by atoms with E-state index >= 15 is 0 Å². The SMILES string of the molecule is O=C(NN=Cc1ccccc1)c1cc(-c2ccccc2OCc2ccc(Cl)cc2)n[nH]1. The number of ether oxygens (including phenoxy) is 1. The van der Waals surface area contributed by atoms with Crippen molar-refractivity contribution in [2.45, 2.75) is 6.61 Å². The molecule has 1 heterocycles. The lowest BCUT2D eigenvalue weighted by molar-refractivity contribution is 0.0950. The average molecular weight is 431 g/mol. The van der Waals surface area contributed by atoms with Crippen LogP contribution in [0.1, 0.15) is 21.6 Å². The van der Waals surface area contributed by atoms with Crippen LogP contribution in [0.4, 0.5) is 0 Å². The van der Waals surface area contributed by atoms with Gasteiger partial charge in [0.15, 0.2) is 0 Å². The molecule has 0 aliphatic carbocycles. The van der Waals surface area contributed by atoms with Crippen molar-refractivity contribution in [3.8, 4) is 17.0 Å². The van der Waals surface area contributed by atoms with Crippen LogP contribution in [0.3, 0.4) is 0 Å². The number of para-hydroxylation sites is 1. The van der Waals surface area contributed by atoms with Crippen LogP contribution in [0.5, 0.6) is 5.75 Å². The Morgan fingerprint density at radius 1 is 1.03 bits per heavy atom. The second kappa shape index (κ2) is 9.73. The molecule has 3 aromatic carbocycles. The monoisotopic (exact) mass is 430 g/mol. The Bertz CT molecular complexity index is 1190. The molecule has 31 heavy (non-hydrogen) atoms. The Balaban J connectivity index is 1.44. The fourth-order valence-corrected chi connectivity index (χ4v) is 3.01. The summed E-state index contributed by atoms with van der Waals surface area (Å²) in [5.74, 6) is 0.281. The number of benzene rings is 3. The molecule has 154 valence electrons. The first-order valence-electron chi connectivity index (χ1n) is 9.59. The van der Waals surface area contributed by atoms with Crippen LogP contribution in [0.2, 0.25) is 5.02 Å². The molecule has 0 saturated carbocycles. The van der Waals surface area contributed by atoms with Crippen LogP contribution < -0.4 is 10.2 Å². The first-order chi connectivity index (χ1) is 15.2. The molecule has 0 spiro atoms. The van der Waals surface area contributed by atoms with E-state index in [9.17, 15) is 4.79 Å². The number of rotatable bonds is 7. The Hall–Kier alpha value is -3.90. The highest BCUT2D eigenvalue weighted by Crippen LogP contribution is 2.29. The van der Waals surface area contributed by atoms with E-state index in [1.54, 1.807) is 12.3 Å². The Morgan fingerprint density at radius 3 is 2.58 bits per heavy atom. The number of hydrogen-bond acceptors (Lipinski definition) is 4. The van der Waals surface area contributed by atoms with E-state index in [-0.39, 0.29) is 5.91 Å². The number of nitrogens with one attached hydrogen (secondary N) is 2. The lowest BCUT2D eigenvalue weighted by atomic mass is 10.1. The van der Waals surface area contributed by atoms with Crippen molar-refractivity contribution >= 4 is 23.7 Å². The minimum atomic E-state index is -0.384. The van der Waals surface area contributed by atoms with E-state index in [0.29, 0.717) is 28.8 Å². The van der Waals surface area contributed by atoms with Gasteiger partial charge in [-0.05, 0) is 41.5 Å². The van der Waals surface area contributed by atoms with Gasteiger partial charge in [-0.1, -0.05) is 66.2 Å². The molecule has 2 N–H and O–H groups in total. The topological polar surface area (TPSA) is 79.4 Å². The smallest absolute Gasteiger partial charge is 0.289 e. The second-order valence-corrected chi connectivity index (χ2v) is 7.12. The average Bonchev–Trinajstić information content (AvgIpc) is 3.30. The van der Waals surface area contributed by atoms with E-state index in [1.165, 1.54) is 0 Å². The highest BCUT2D eigenvalue weighted by Gasteiger charge is 2.13. The summed E-state index contributed by atoms with van der Waals surface area (Å²) in [5, 5.41) is 11.7. The van der Waals surface area contributed by atoms with Crippen molar-refractivity contribution < 1.29 is 9.53 Å². The number of aromatic amines is 1. The second-order valence-electron chi connectivity index (χ2n) is 6.69. The highest BCUT2D eigenvalue weighted by molar-refractivity contribution is 6.30. The summed E-state index contributed by atoms with van der Waals surface area (Å²) in [7, 11) is 0. The van der Waals surface area contributed by atoms with Crippen molar-refractivity contribution in [2.24, 2.45) is 5.10 Å². The molecule has 6 nitrogen and oxygen atoms in total. The van der Waals surface area contributed by atoms with Crippen LogP contribution in [0.15, 0.2) is 90.0 Å². The zero-order valence-corrected chi connectivity index (χ0v) is 17.2. The van der Waals surface area contributed by atoms with Crippen molar-refractivity contribution in [3.63, 3.8) is 0 Å². The molecule has 7 heteroatoms. The molecule has 0 aliphatic heterocycles. The summed E-state index contributed by atoms with van der Waals surface area (Å²) < 4.78 is 5.98. The molecule has 1 amide bonds. The van der Waals surface area contributed by atoms with Gasteiger partial charge in [-0.2, -0.15) is 10.2 Å². The van der Waals surface area contributed by atoms with Crippen LogP contribution in [0.25, 0.3) is 11.3 Å². The number of hydrazone groups is 1. The van der Waals surface area contributed by atoms with Gasteiger partial charge in [0, 0.05) is 10.6 Å². The Labute approximate surface area is 184 Å². The molecule has 4 rings (SSSR count). The fourth-order valence-electron chi connectivity index (χ4n) is 2.89. The molecule has 0 saturated heterocycles. The van der Waals surface area contributed by atoms with E-state index in [0.717, 1.165) is 16.7 Å². The van der Waals surface area contributed by atoms with Gasteiger partial charge in [0.1, 0.15) is 18.1 Å². The van der Waals surface area contributed by atoms with E-state index in [4.69, 9.17) is 16.3 Å². The Kier molecular flexibility index (Phi) is 6.40. The number of amides is 1. The summed E-state index contributed by atoms with van der Waals surface area (Å²) in [4.78, 5) is 12.4. The lowest BCUT2D eigenvalue weighted by Gasteiger charge is -2.10. The third-order valence-electron chi connectivity index (χ3n) is 4.47. The van der Waals surface area contributed by atoms with Crippen LogP contribution in [-0.2, 0) is 6.61 Å². The summed E-state index contributed by atoms with van der Waals surface area (Å²) in [6.07, 6.45) is 1.58. The molecule has 0 bridgehead atoms. The van der Waals surface area contributed by atoms with E-state index < -0.39 is 0 Å². The van der Waals surface area contributed by atoms with Gasteiger partial charge in [-0.15, -0.1) is 0 Å². The van der Waals surface area contributed by atoms with Crippen molar-refractivity contribution in [1.82, 2.24) is 15.6 Å². The molecule has 0 unspecified atom stereocenters. The van der Waals surface area contributed by atoms with Gasteiger partial charge >= 0.3 is 0 Å². The minimum Gasteiger partial charge on any atom is -0.488 e. The van der Waals surface area contributed by atoms with Gasteiger partial charge in [-0.3, -0.25) is 9.89 Å². The predicted octanol–water partition coefficient (Wildman–Crippen LogP) is 5.07. The van der Waals surface area contributed by atoms with Gasteiger partial charge in [0.05, 0.1) is 11.9 Å². The highest BCUT2D eigenvalue weighted by atomic mass is 35.5. The van der Waals surface area contributed by atoms with Crippen LogP contribution in [0, 0.1) is 0 Å². The molecular weight excluding hydrogens is 412 g/mol. The summed E-state index contributed by atoms with van der Waals surface area (Å²) in [6.45, 7) is 0.389. The molecule has 0 aliphatic rings. The number of H-pyrrole nitrogens is 1. The summed E-state index contributed by atoms with van der Waals surface area (Å²) in [5.41, 5.74) is 6.06. The van der Waals surface area contributed by atoms with Gasteiger partial charge in [0.2, 0.25) is 0 Å². The summed E-state index contributed by atoms with van der Waals surface area (Å²) in [6, 6.07) is 26.2. The zero-order chi connectivity index (χ0) is 21.5. The largest absolute Gasteiger partial charge is 0.488 e. The van der Waals surface area contributed by atoms with E-state index in [2.05, 4.69) is 20.7 Å². The van der Waals surface area contributed by atoms with Gasteiger partial charge < -0.3 is 4.74 Å². The van der Waals surface area contributed by atoms with Gasteiger partial charge in [0.25, 0.3) is 5.91 Å². The molecule has 0 atom stereocenters. The maximum absolute atomic E-state index is 12.4. The first kappa shape index (κ1) is 20.4. The number of nitrogens with zero attached hydrogens (tertiary/aromatic N) is 2. The number of hydrogen-bond donors (Lipinski definition) is 2. The molecule has 0 fully saturated rings. The van der Waals surface area contributed by atoms with Crippen LogP contribution >= 0.6 is 11.6 Å². The number of carbonyl (C=O) groups excluding carboxylic acids is 1. The van der Waals surface area contributed by atoms with Crippen molar-refractivity contribution in [1.29, 1.82) is 0 Å². The van der Waals surface area contributed by atoms with Gasteiger partial charge in [-0.25, -0.2) is 5.43 Å². The van der Waals surface area contributed by atoms with E-state index in [1.807, 2.05) is 78.9 Å². The standard InChI is InChI=1S/C24H19ClN4O2/c25-19-12-10-18(11-13-19)16-31-23-9-5-4-8-20(23)21-14-22(28-27-21)24(30)29-26-15-17-6-2-1-3-7-17/h1-15H,16H2,(H,27,28)(H,29,30). The number of halogens is 1. The Morgan fingerprint density at radius 2 is 1.77 bits per heavy atom. The maximum atomic E-state index is 12.4. The molecular formula is C24H19ClN4O2. The quantitative estimate of drug-likeness (QED) is 0.317. The third kappa shape index (κ3) is 5.38. The normalized spacial score (nSPS) is 10.9.